The van der Waals surface area contributed by atoms with E-state index in [9.17, 15) is 5.11 Å². The molecule has 3 aromatic rings. The van der Waals surface area contributed by atoms with Crippen LogP contribution in [0.25, 0.3) is 17.0 Å². The van der Waals surface area contributed by atoms with Crippen LogP contribution in [0, 0.1) is 5.92 Å². The van der Waals surface area contributed by atoms with Gasteiger partial charge in [0, 0.05) is 37.5 Å². The van der Waals surface area contributed by atoms with E-state index in [0.717, 1.165) is 30.0 Å². The Morgan fingerprint density at radius 3 is 3.04 bits per heavy atom. The van der Waals surface area contributed by atoms with Gasteiger partial charge in [0.15, 0.2) is 5.65 Å². The molecule has 1 fully saturated rings. The van der Waals surface area contributed by atoms with Crippen molar-refractivity contribution in [1.29, 1.82) is 0 Å². The predicted molar refractivity (Wildman–Crippen MR) is 89.5 cm³/mol. The van der Waals surface area contributed by atoms with Crippen molar-refractivity contribution in [3.63, 3.8) is 0 Å². The van der Waals surface area contributed by atoms with Gasteiger partial charge in [-0.25, -0.2) is 19.5 Å². The number of aliphatic hydroxyl groups is 1. The van der Waals surface area contributed by atoms with Crippen LogP contribution in [-0.2, 0) is 0 Å². The average molecular weight is 325 g/mol. The van der Waals surface area contributed by atoms with Gasteiger partial charge in [0.1, 0.15) is 0 Å². The van der Waals surface area contributed by atoms with Gasteiger partial charge in [-0.05, 0) is 25.1 Å². The largest absolute Gasteiger partial charge is 0.391 e. The molecule has 124 valence electrons. The molecule has 0 amide bonds. The van der Waals surface area contributed by atoms with Gasteiger partial charge < -0.3 is 15.7 Å². The van der Waals surface area contributed by atoms with E-state index in [1.165, 1.54) is 0 Å². The normalized spacial score (nSPS) is 21.0. The summed E-state index contributed by atoms with van der Waals surface area (Å²) in [5.74, 6) is 0.758. The molecule has 0 radical (unpaired) electrons. The third-order valence-electron chi connectivity index (χ3n) is 4.29. The van der Waals surface area contributed by atoms with Gasteiger partial charge in [0.25, 0.3) is 0 Å². The third-order valence-corrected chi connectivity index (χ3v) is 4.29. The highest BCUT2D eigenvalue weighted by molar-refractivity contribution is 5.58. The number of β-amino-alcohol motifs (C(OH)–C–C–N with tert-alkyl or cyclic N) is 1. The van der Waals surface area contributed by atoms with Gasteiger partial charge in [-0.2, -0.15) is 5.10 Å². The van der Waals surface area contributed by atoms with E-state index < -0.39 is 0 Å². The first-order valence-corrected chi connectivity index (χ1v) is 8.06. The van der Waals surface area contributed by atoms with Crippen molar-refractivity contribution < 1.29 is 5.11 Å². The number of anilines is 1. The zero-order valence-corrected chi connectivity index (χ0v) is 13.1. The van der Waals surface area contributed by atoms with E-state index in [2.05, 4.69) is 30.7 Å². The lowest BCUT2D eigenvalue weighted by Gasteiger charge is -2.28. The Labute approximate surface area is 139 Å². The van der Waals surface area contributed by atoms with Gasteiger partial charge >= 0.3 is 0 Å². The first-order chi connectivity index (χ1) is 11.8. The lowest BCUT2D eigenvalue weighted by atomic mass is 9.95. The Morgan fingerprint density at radius 2 is 2.12 bits per heavy atom. The Bertz CT molecular complexity index is 834. The van der Waals surface area contributed by atoms with Crippen molar-refractivity contribution in [2.75, 3.05) is 25.0 Å². The SMILES string of the molecule is O[C@@H]1CNCC[C@H]1CNc1nccc(-c2ccn3nccc3n2)n1. The fourth-order valence-electron chi connectivity index (χ4n) is 2.90. The zero-order chi connectivity index (χ0) is 16.4. The molecular weight excluding hydrogens is 306 g/mol. The van der Waals surface area contributed by atoms with E-state index in [1.54, 1.807) is 16.9 Å². The van der Waals surface area contributed by atoms with Crippen molar-refractivity contribution in [3.8, 4) is 11.4 Å². The summed E-state index contributed by atoms with van der Waals surface area (Å²) < 4.78 is 1.71. The molecule has 0 bridgehead atoms. The highest BCUT2D eigenvalue weighted by atomic mass is 16.3. The summed E-state index contributed by atoms with van der Waals surface area (Å²) in [4.78, 5) is 13.3. The number of fused-ring (bicyclic) bond motifs is 1. The molecule has 3 N–H and O–H groups in total. The lowest BCUT2D eigenvalue weighted by molar-refractivity contribution is 0.0883. The molecule has 24 heavy (non-hydrogen) atoms. The standard InChI is InChI=1S/C16H19N7O/c24-14-10-17-5-1-11(14)9-19-16-18-6-2-12(22-16)13-4-8-23-15(21-13)3-7-20-23/h2-4,6-8,11,14,17,24H,1,5,9-10H2,(H,18,19,22)/t11-,14+/m0/s1. The second-order valence-electron chi connectivity index (χ2n) is 5.91. The molecule has 1 aliphatic rings. The van der Waals surface area contributed by atoms with Crippen LogP contribution in [0.3, 0.4) is 0 Å². The molecule has 8 nitrogen and oxygen atoms in total. The Hall–Kier alpha value is -2.58. The maximum atomic E-state index is 10.00. The molecule has 0 aromatic carbocycles. The summed E-state index contributed by atoms with van der Waals surface area (Å²) in [6.07, 6.45) is 5.89. The average Bonchev–Trinajstić information content (AvgIpc) is 3.09. The summed E-state index contributed by atoms with van der Waals surface area (Å²) in [6, 6.07) is 5.56. The third kappa shape index (κ3) is 3.06. The molecule has 4 heterocycles. The molecule has 3 aromatic heterocycles. The first kappa shape index (κ1) is 15.0. The summed E-state index contributed by atoms with van der Waals surface area (Å²) >= 11 is 0. The summed E-state index contributed by atoms with van der Waals surface area (Å²) in [5, 5.41) is 20.6. The van der Waals surface area contributed by atoms with E-state index in [-0.39, 0.29) is 12.0 Å². The predicted octanol–water partition coefficient (Wildman–Crippen LogP) is 0.569. The topological polar surface area (TPSA) is 100 Å². The monoisotopic (exact) mass is 325 g/mol. The molecular formula is C16H19N7O. The Kier molecular flexibility index (Phi) is 4.06. The van der Waals surface area contributed by atoms with Crippen molar-refractivity contribution in [1.82, 2.24) is 29.9 Å². The first-order valence-electron chi connectivity index (χ1n) is 8.06. The highest BCUT2D eigenvalue weighted by Gasteiger charge is 2.22. The summed E-state index contributed by atoms with van der Waals surface area (Å²) in [5.41, 5.74) is 2.30. The van der Waals surface area contributed by atoms with Gasteiger partial charge in [-0.3, -0.25) is 0 Å². The fraction of sp³-hybridized carbons (Fsp3) is 0.375. The number of piperidine rings is 1. The number of nitrogens with one attached hydrogen (secondary N) is 2. The molecule has 0 unspecified atom stereocenters. The van der Waals surface area contributed by atoms with Crippen LogP contribution in [0.15, 0.2) is 36.8 Å². The van der Waals surface area contributed by atoms with Crippen LogP contribution in [0.5, 0.6) is 0 Å². The molecule has 0 saturated carbocycles. The Balaban J connectivity index is 1.50. The minimum Gasteiger partial charge on any atom is -0.391 e. The lowest BCUT2D eigenvalue weighted by Crippen LogP contribution is -2.43. The summed E-state index contributed by atoms with van der Waals surface area (Å²) in [6.45, 7) is 2.23. The second-order valence-corrected chi connectivity index (χ2v) is 5.91. The minimum atomic E-state index is -0.333. The number of hydrogen-bond donors (Lipinski definition) is 3. The van der Waals surface area contributed by atoms with Gasteiger partial charge in [0.2, 0.25) is 5.95 Å². The number of aromatic nitrogens is 5. The quantitative estimate of drug-likeness (QED) is 0.645. The van der Waals surface area contributed by atoms with E-state index in [4.69, 9.17) is 0 Å². The number of aliphatic hydroxyl groups excluding tert-OH is 1. The van der Waals surface area contributed by atoms with Crippen molar-refractivity contribution >= 4 is 11.6 Å². The van der Waals surface area contributed by atoms with Crippen LogP contribution in [0.1, 0.15) is 6.42 Å². The number of nitrogens with zero attached hydrogens (tertiary/aromatic N) is 5. The number of hydrogen-bond acceptors (Lipinski definition) is 7. The molecule has 1 aliphatic heterocycles. The molecule has 2 atom stereocenters. The van der Waals surface area contributed by atoms with Crippen LogP contribution >= 0.6 is 0 Å². The Morgan fingerprint density at radius 1 is 1.21 bits per heavy atom. The van der Waals surface area contributed by atoms with Crippen molar-refractivity contribution in [2.24, 2.45) is 5.92 Å². The molecule has 0 spiro atoms. The van der Waals surface area contributed by atoms with Crippen molar-refractivity contribution in [2.45, 2.75) is 12.5 Å². The second kappa shape index (κ2) is 6.50. The van der Waals surface area contributed by atoms with E-state index in [0.29, 0.717) is 19.0 Å². The van der Waals surface area contributed by atoms with Crippen molar-refractivity contribution in [3.05, 3.63) is 36.8 Å². The highest BCUT2D eigenvalue weighted by Crippen LogP contribution is 2.17. The smallest absolute Gasteiger partial charge is 0.223 e. The van der Waals surface area contributed by atoms with Gasteiger partial charge in [-0.15, -0.1) is 0 Å². The maximum Gasteiger partial charge on any atom is 0.223 e. The van der Waals surface area contributed by atoms with Gasteiger partial charge in [-0.1, -0.05) is 0 Å². The molecule has 1 saturated heterocycles. The van der Waals surface area contributed by atoms with Crippen LogP contribution in [-0.4, -0.2) is 55.4 Å². The molecule has 0 aliphatic carbocycles. The minimum absolute atomic E-state index is 0.208. The van der Waals surface area contributed by atoms with Crippen LogP contribution < -0.4 is 10.6 Å². The number of rotatable bonds is 4. The maximum absolute atomic E-state index is 10.00. The van der Waals surface area contributed by atoms with E-state index in [1.807, 2.05) is 24.4 Å². The molecule has 4 rings (SSSR count). The summed E-state index contributed by atoms with van der Waals surface area (Å²) in [7, 11) is 0. The van der Waals surface area contributed by atoms with E-state index >= 15 is 0 Å². The van der Waals surface area contributed by atoms with Crippen LogP contribution in [0.2, 0.25) is 0 Å². The zero-order valence-electron chi connectivity index (χ0n) is 13.1. The molecule has 8 heteroatoms. The van der Waals surface area contributed by atoms with Gasteiger partial charge in [0.05, 0.1) is 23.7 Å². The van der Waals surface area contributed by atoms with Crippen LogP contribution in [0.4, 0.5) is 5.95 Å². The fourth-order valence-corrected chi connectivity index (χ4v) is 2.90.